The van der Waals surface area contributed by atoms with Gasteiger partial charge in [0, 0.05) is 17.8 Å². The van der Waals surface area contributed by atoms with Crippen LogP contribution in [-0.4, -0.2) is 16.2 Å². The normalized spacial score (nSPS) is 14.5. The lowest BCUT2D eigenvalue weighted by molar-refractivity contribution is 0.0487. The quantitative estimate of drug-likeness (QED) is 0.399. The number of phenolic OH excluding ortho intramolecular Hbond substituents is 2. The molecule has 1 radical (unpaired) electrons. The Bertz CT molecular complexity index is 750. The van der Waals surface area contributed by atoms with E-state index < -0.39 is 0 Å². The summed E-state index contributed by atoms with van der Waals surface area (Å²) in [6.07, 6.45) is 8.52. The third-order valence-electron chi connectivity index (χ3n) is 4.81. The lowest BCUT2D eigenvalue weighted by atomic mass is 9.98. The number of anilines is 1. The highest BCUT2D eigenvalue weighted by Gasteiger charge is 2.18. The van der Waals surface area contributed by atoms with Gasteiger partial charge in [-0.3, -0.25) is 0 Å². The second kappa shape index (κ2) is 12.0. The topological polar surface area (TPSA) is 78.8 Å². The van der Waals surface area contributed by atoms with Crippen molar-refractivity contribution >= 4 is 11.7 Å². The van der Waals surface area contributed by atoms with E-state index in [9.17, 15) is 15.0 Å². The molecule has 3 N–H and O–H groups in total. The predicted octanol–water partition coefficient (Wildman–Crippen LogP) is 6.42. The molecule has 0 heterocycles. The monoisotopic (exact) mass is 400 g/mol. The molecule has 0 bridgehead atoms. The standard InChI is InChI=1S/C22H26NO4.2CH4/c24-19-12-13-21(25)17(14-19)15-23-18-10-8-16(9-11-18)22(26)27-20-6-4-2-1-3-5-7-20;;/h8-14,23-25H,1-7,15H2;2*1H4. The van der Waals surface area contributed by atoms with Gasteiger partial charge >= 0.3 is 5.97 Å². The first kappa shape index (κ1) is 24.3. The van der Waals surface area contributed by atoms with Crippen LogP contribution in [0.25, 0.3) is 0 Å². The van der Waals surface area contributed by atoms with E-state index >= 15 is 0 Å². The second-order valence-corrected chi connectivity index (χ2v) is 6.94. The number of ether oxygens (including phenoxy) is 1. The summed E-state index contributed by atoms with van der Waals surface area (Å²) in [5, 5.41) is 22.5. The number of carbonyl (C=O) groups excluding carboxylic acids is 1. The second-order valence-electron chi connectivity index (χ2n) is 6.94. The number of phenols is 2. The minimum atomic E-state index is -0.303. The molecule has 1 aliphatic rings. The van der Waals surface area contributed by atoms with Gasteiger partial charge in [0.05, 0.1) is 5.56 Å². The molecule has 5 nitrogen and oxygen atoms in total. The number of aromatic hydroxyl groups is 2. The van der Waals surface area contributed by atoms with Gasteiger partial charge in [0.1, 0.15) is 11.5 Å². The van der Waals surface area contributed by atoms with Crippen molar-refractivity contribution in [1.82, 2.24) is 0 Å². The average Bonchev–Trinajstić information content (AvgIpc) is 2.65. The first-order chi connectivity index (χ1) is 13.1. The molecule has 2 aromatic carbocycles. The largest absolute Gasteiger partial charge is 0.508 e. The van der Waals surface area contributed by atoms with Crippen molar-refractivity contribution in [1.29, 1.82) is 0 Å². The van der Waals surface area contributed by atoms with E-state index in [-0.39, 0.29) is 32.3 Å². The summed E-state index contributed by atoms with van der Waals surface area (Å²) in [7, 11) is 0. The third kappa shape index (κ3) is 7.33. The Labute approximate surface area is 174 Å². The van der Waals surface area contributed by atoms with Gasteiger partial charge in [0.15, 0.2) is 6.10 Å². The summed E-state index contributed by atoms with van der Waals surface area (Å²) in [6.45, 7) is 0.363. The lowest BCUT2D eigenvalue weighted by Crippen LogP contribution is -2.12. The molecule has 0 amide bonds. The van der Waals surface area contributed by atoms with Crippen LogP contribution in [0.4, 0.5) is 5.69 Å². The molecular formula is C24H34NO4. The van der Waals surface area contributed by atoms with Gasteiger partial charge in [0.2, 0.25) is 0 Å². The number of nitrogens with one attached hydrogen (secondary N) is 1. The number of carbonyl (C=O) groups is 1. The molecule has 2 aromatic rings. The van der Waals surface area contributed by atoms with Crippen LogP contribution in [0.1, 0.15) is 75.7 Å². The lowest BCUT2D eigenvalue weighted by Gasteiger charge is -2.19. The van der Waals surface area contributed by atoms with Crippen molar-refractivity contribution in [2.24, 2.45) is 0 Å². The van der Waals surface area contributed by atoms with Crippen molar-refractivity contribution in [3.63, 3.8) is 0 Å². The van der Waals surface area contributed by atoms with Crippen LogP contribution < -0.4 is 5.32 Å². The van der Waals surface area contributed by atoms with Crippen LogP contribution >= 0.6 is 0 Å². The number of hydrogen-bond donors (Lipinski definition) is 3. The highest BCUT2D eigenvalue weighted by molar-refractivity contribution is 5.90. The van der Waals surface area contributed by atoms with Crippen molar-refractivity contribution in [2.45, 2.75) is 66.3 Å². The first-order valence-corrected chi connectivity index (χ1v) is 9.53. The third-order valence-corrected chi connectivity index (χ3v) is 4.81. The maximum Gasteiger partial charge on any atom is 0.338 e. The Balaban J connectivity index is 0.00000210. The molecule has 0 spiro atoms. The molecule has 0 unspecified atom stereocenters. The summed E-state index contributed by atoms with van der Waals surface area (Å²) in [5.41, 5.74) is 1.93. The van der Waals surface area contributed by atoms with E-state index in [4.69, 9.17) is 4.74 Å². The fourth-order valence-corrected chi connectivity index (χ4v) is 3.23. The fourth-order valence-electron chi connectivity index (χ4n) is 3.23. The zero-order valence-electron chi connectivity index (χ0n) is 15.4. The number of hydrogen-bond acceptors (Lipinski definition) is 5. The average molecular weight is 401 g/mol. The SMILES string of the molecule is C.C.O=C(O[C]1CCCCCCC1)c1ccc(NCc2cc(O)ccc2O)cc1. The summed E-state index contributed by atoms with van der Waals surface area (Å²) in [5.74, 6) is -0.0751. The van der Waals surface area contributed by atoms with Crippen LogP contribution in [0.15, 0.2) is 42.5 Å². The van der Waals surface area contributed by atoms with E-state index in [1.807, 2.05) is 0 Å². The smallest absolute Gasteiger partial charge is 0.338 e. The zero-order chi connectivity index (χ0) is 19.1. The highest BCUT2D eigenvalue weighted by atomic mass is 16.5. The van der Waals surface area contributed by atoms with E-state index in [1.54, 1.807) is 24.3 Å². The van der Waals surface area contributed by atoms with Gasteiger partial charge in [-0.25, -0.2) is 4.79 Å². The molecular weight excluding hydrogens is 366 g/mol. The Morgan fingerprint density at radius 2 is 1.52 bits per heavy atom. The van der Waals surface area contributed by atoms with Crippen LogP contribution in [0.3, 0.4) is 0 Å². The fraction of sp³-hybridized carbons (Fsp3) is 0.417. The molecule has 0 aromatic heterocycles. The molecule has 5 heteroatoms. The van der Waals surface area contributed by atoms with Gasteiger partial charge in [-0.2, -0.15) is 0 Å². The minimum absolute atomic E-state index is 0. The predicted molar refractivity (Wildman–Crippen MR) is 118 cm³/mol. The number of esters is 1. The first-order valence-electron chi connectivity index (χ1n) is 9.53. The molecule has 0 aliphatic heterocycles. The van der Waals surface area contributed by atoms with Crippen molar-refractivity contribution < 1.29 is 19.7 Å². The molecule has 3 rings (SSSR count). The van der Waals surface area contributed by atoms with Crippen LogP contribution in [-0.2, 0) is 11.3 Å². The van der Waals surface area contributed by atoms with Gasteiger partial charge < -0.3 is 20.3 Å². The van der Waals surface area contributed by atoms with E-state index in [1.165, 1.54) is 37.5 Å². The molecule has 159 valence electrons. The van der Waals surface area contributed by atoms with Gasteiger partial charge in [-0.1, -0.05) is 34.1 Å². The Morgan fingerprint density at radius 1 is 0.897 bits per heavy atom. The Morgan fingerprint density at radius 3 is 2.17 bits per heavy atom. The van der Waals surface area contributed by atoms with Crippen LogP contribution in [0, 0.1) is 6.10 Å². The van der Waals surface area contributed by atoms with Gasteiger partial charge in [0.25, 0.3) is 0 Å². The maximum absolute atomic E-state index is 12.4. The summed E-state index contributed by atoms with van der Waals surface area (Å²) >= 11 is 0. The minimum Gasteiger partial charge on any atom is -0.508 e. The van der Waals surface area contributed by atoms with E-state index in [2.05, 4.69) is 5.32 Å². The maximum atomic E-state index is 12.4. The van der Waals surface area contributed by atoms with Crippen LogP contribution in [0.5, 0.6) is 11.5 Å². The van der Waals surface area contributed by atoms with Gasteiger partial charge in [-0.05, 0) is 68.1 Å². The summed E-state index contributed by atoms with van der Waals surface area (Å²) < 4.78 is 5.61. The van der Waals surface area contributed by atoms with E-state index in [0.29, 0.717) is 17.7 Å². The van der Waals surface area contributed by atoms with Crippen molar-refractivity contribution in [3.8, 4) is 11.5 Å². The Hall–Kier alpha value is -2.69. The number of benzene rings is 2. The van der Waals surface area contributed by atoms with Crippen molar-refractivity contribution in [2.75, 3.05) is 5.32 Å². The molecule has 29 heavy (non-hydrogen) atoms. The Kier molecular flexibility index (Phi) is 10.1. The molecule has 1 saturated carbocycles. The molecule has 1 fully saturated rings. The molecule has 0 atom stereocenters. The number of rotatable bonds is 5. The summed E-state index contributed by atoms with van der Waals surface area (Å²) in [6, 6.07) is 11.5. The molecule has 1 aliphatic carbocycles. The van der Waals surface area contributed by atoms with Gasteiger partial charge in [-0.15, -0.1) is 0 Å². The molecule has 0 saturated heterocycles. The van der Waals surface area contributed by atoms with E-state index in [0.717, 1.165) is 37.5 Å². The highest BCUT2D eigenvalue weighted by Crippen LogP contribution is 2.26. The van der Waals surface area contributed by atoms with Crippen LogP contribution in [0.2, 0.25) is 0 Å². The van der Waals surface area contributed by atoms with Crippen molar-refractivity contribution in [3.05, 3.63) is 59.7 Å². The zero-order valence-corrected chi connectivity index (χ0v) is 15.4. The summed E-state index contributed by atoms with van der Waals surface area (Å²) in [4.78, 5) is 12.4.